The van der Waals surface area contributed by atoms with Gasteiger partial charge < -0.3 is 20.4 Å². The number of hydrogen-bond acceptors (Lipinski definition) is 3. The Balaban J connectivity index is 0.00000225. The number of piperidine rings is 1. The predicted molar refractivity (Wildman–Crippen MR) is 117 cm³/mol. The number of nitrogens with zero attached hydrogens (tertiary/aromatic N) is 4. The Hall–Kier alpha value is -0.730. The van der Waals surface area contributed by atoms with E-state index in [9.17, 15) is 0 Å². The van der Waals surface area contributed by atoms with E-state index in [0.717, 1.165) is 44.3 Å². The van der Waals surface area contributed by atoms with Gasteiger partial charge in [0.15, 0.2) is 5.96 Å². The first-order valence-corrected chi connectivity index (χ1v) is 9.38. The molecule has 2 heterocycles. The number of anilines is 1. The summed E-state index contributed by atoms with van der Waals surface area (Å²) in [4.78, 5) is 11.7. The standard InChI is InChI=1S/C18H28ClN5.HI/c19-16-4-6-17(7-5-16)23-12-14-24(15-13-23)18(20)21-8-11-22-9-2-1-3-10-22;/h4-7H,1-3,8-15H2,(H2,20,21);1H. The van der Waals surface area contributed by atoms with Crippen molar-refractivity contribution in [3.05, 3.63) is 29.3 Å². The van der Waals surface area contributed by atoms with Gasteiger partial charge in [-0.2, -0.15) is 0 Å². The van der Waals surface area contributed by atoms with Crippen LogP contribution in [0.15, 0.2) is 29.3 Å². The van der Waals surface area contributed by atoms with Crippen LogP contribution in [0.2, 0.25) is 5.02 Å². The lowest BCUT2D eigenvalue weighted by Crippen LogP contribution is -2.51. The smallest absolute Gasteiger partial charge is 0.191 e. The number of rotatable bonds is 4. The van der Waals surface area contributed by atoms with Gasteiger partial charge in [0.2, 0.25) is 0 Å². The summed E-state index contributed by atoms with van der Waals surface area (Å²) in [6.45, 7) is 8.04. The fourth-order valence-electron chi connectivity index (χ4n) is 3.43. The Bertz CT molecular complexity index is 537. The van der Waals surface area contributed by atoms with Gasteiger partial charge in [-0.15, -0.1) is 24.0 Å². The van der Waals surface area contributed by atoms with Crippen molar-refractivity contribution in [3.63, 3.8) is 0 Å². The largest absolute Gasteiger partial charge is 0.370 e. The molecule has 2 fully saturated rings. The Kier molecular flexibility index (Phi) is 8.58. The molecule has 2 saturated heterocycles. The normalized spacial score (nSPS) is 19.6. The topological polar surface area (TPSA) is 48.1 Å². The van der Waals surface area contributed by atoms with E-state index < -0.39 is 0 Å². The number of piperazine rings is 1. The van der Waals surface area contributed by atoms with Gasteiger partial charge in [0.25, 0.3) is 0 Å². The van der Waals surface area contributed by atoms with E-state index in [1.807, 2.05) is 12.1 Å². The van der Waals surface area contributed by atoms with Crippen molar-refractivity contribution in [2.75, 3.05) is 57.3 Å². The molecule has 0 saturated carbocycles. The molecule has 0 unspecified atom stereocenters. The summed E-state index contributed by atoms with van der Waals surface area (Å²) in [5.74, 6) is 0.697. The van der Waals surface area contributed by atoms with Gasteiger partial charge in [0.1, 0.15) is 0 Å². The number of hydrogen-bond donors (Lipinski definition) is 1. The molecule has 0 spiro atoms. The minimum Gasteiger partial charge on any atom is -0.370 e. The fraction of sp³-hybridized carbons (Fsp3) is 0.611. The van der Waals surface area contributed by atoms with Crippen molar-refractivity contribution in [2.45, 2.75) is 19.3 Å². The first-order chi connectivity index (χ1) is 11.7. The number of benzene rings is 1. The molecular weight excluding hydrogens is 449 g/mol. The van der Waals surface area contributed by atoms with Gasteiger partial charge in [0, 0.05) is 43.4 Å². The van der Waals surface area contributed by atoms with E-state index in [1.54, 1.807) is 0 Å². The van der Waals surface area contributed by atoms with Crippen LogP contribution in [-0.4, -0.2) is 68.1 Å². The summed E-state index contributed by atoms with van der Waals surface area (Å²) >= 11 is 5.96. The zero-order chi connectivity index (χ0) is 16.8. The molecule has 140 valence electrons. The van der Waals surface area contributed by atoms with Crippen molar-refractivity contribution in [1.29, 1.82) is 0 Å². The van der Waals surface area contributed by atoms with Crippen LogP contribution < -0.4 is 10.6 Å². The van der Waals surface area contributed by atoms with E-state index in [2.05, 4.69) is 31.8 Å². The van der Waals surface area contributed by atoms with Crippen molar-refractivity contribution in [1.82, 2.24) is 9.80 Å². The van der Waals surface area contributed by atoms with E-state index in [1.165, 1.54) is 38.0 Å². The Morgan fingerprint density at radius 3 is 2.24 bits per heavy atom. The molecule has 2 aliphatic rings. The summed E-state index contributed by atoms with van der Waals surface area (Å²) in [5, 5.41) is 0.780. The van der Waals surface area contributed by atoms with Crippen LogP contribution in [0.1, 0.15) is 19.3 Å². The van der Waals surface area contributed by atoms with E-state index >= 15 is 0 Å². The number of likely N-dealkylation sites (tertiary alicyclic amines) is 1. The maximum Gasteiger partial charge on any atom is 0.191 e. The first kappa shape index (κ1) is 20.6. The van der Waals surface area contributed by atoms with Crippen molar-refractivity contribution < 1.29 is 0 Å². The molecule has 7 heteroatoms. The van der Waals surface area contributed by atoms with Gasteiger partial charge in [-0.3, -0.25) is 4.99 Å². The fourth-order valence-corrected chi connectivity index (χ4v) is 3.56. The number of halogens is 2. The quantitative estimate of drug-likeness (QED) is 0.412. The minimum absolute atomic E-state index is 0. The molecular formula is C18H29ClIN5. The minimum atomic E-state index is 0. The van der Waals surface area contributed by atoms with Crippen LogP contribution in [0.4, 0.5) is 5.69 Å². The average Bonchev–Trinajstić information content (AvgIpc) is 2.63. The predicted octanol–water partition coefficient (Wildman–Crippen LogP) is 2.88. The molecule has 0 aromatic heterocycles. The molecule has 0 bridgehead atoms. The summed E-state index contributed by atoms with van der Waals surface area (Å²) in [6.07, 6.45) is 4.03. The molecule has 1 aromatic carbocycles. The van der Waals surface area contributed by atoms with Gasteiger partial charge in [-0.1, -0.05) is 18.0 Å². The van der Waals surface area contributed by atoms with Crippen LogP contribution in [0, 0.1) is 0 Å². The average molecular weight is 478 g/mol. The maximum atomic E-state index is 6.19. The summed E-state index contributed by atoms with van der Waals surface area (Å²) < 4.78 is 0. The van der Waals surface area contributed by atoms with Gasteiger partial charge >= 0.3 is 0 Å². The molecule has 0 amide bonds. The highest BCUT2D eigenvalue weighted by Crippen LogP contribution is 2.19. The third-order valence-corrected chi connectivity index (χ3v) is 5.19. The molecule has 0 radical (unpaired) electrons. The monoisotopic (exact) mass is 477 g/mol. The van der Waals surface area contributed by atoms with Crippen LogP contribution in [-0.2, 0) is 0 Å². The SMILES string of the molecule is I.NC(=NCCN1CCCCC1)N1CCN(c2ccc(Cl)cc2)CC1. The van der Waals surface area contributed by atoms with Crippen molar-refractivity contribution in [2.24, 2.45) is 10.7 Å². The van der Waals surface area contributed by atoms with Gasteiger partial charge in [0.05, 0.1) is 6.54 Å². The summed E-state index contributed by atoms with van der Waals surface area (Å²) in [5.41, 5.74) is 7.41. The second-order valence-corrected chi connectivity index (χ2v) is 7.03. The lowest BCUT2D eigenvalue weighted by Gasteiger charge is -2.36. The van der Waals surface area contributed by atoms with Gasteiger partial charge in [-0.05, 0) is 50.2 Å². The molecule has 1 aromatic rings. The highest BCUT2D eigenvalue weighted by molar-refractivity contribution is 14.0. The molecule has 2 aliphatic heterocycles. The van der Waals surface area contributed by atoms with E-state index in [0.29, 0.717) is 5.96 Å². The number of guanidine groups is 1. The second-order valence-electron chi connectivity index (χ2n) is 6.59. The molecule has 0 atom stereocenters. The summed E-state index contributed by atoms with van der Waals surface area (Å²) in [6, 6.07) is 8.04. The molecule has 3 rings (SSSR count). The van der Waals surface area contributed by atoms with E-state index in [4.69, 9.17) is 17.3 Å². The second kappa shape index (κ2) is 10.4. The van der Waals surface area contributed by atoms with Crippen LogP contribution >= 0.6 is 35.6 Å². The molecule has 0 aliphatic carbocycles. The van der Waals surface area contributed by atoms with Crippen molar-refractivity contribution in [3.8, 4) is 0 Å². The lowest BCUT2D eigenvalue weighted by atomic mass is 10.1. The zero-order valence-electron chi connectivity index (χ0n) is 14.7. The van der Waals surface area contributed by atoms with Crippen LogP contribution in [0.3, 0.4) is 0 Å². The lowest BCUT2D eigenvalue weighted by molar-refractivity contribution is 0.235. The third kappa shape index (κ3) is 6.18. The summed E-state index contributed by atoms with van der Waals surface area (Å²) in [7, 11) is 0. The van der Waals surface area contributed by atoms with E-state index in [-0.39, 0.29) is 24.0 Å². The number of aliphatic imine (C=N–C) groups is 1. The van der Waals surface area contributed by atoms with Crippen LogP contribution in [0.5, 0.6) is 0 Å². The molecule has 5 nitrogen and oxygen atoms in total. The number of nitrogens with two attached hydrogens (primary N) is 1. The zero-order valence-corrected chi connectivity index (χ0v) is 17.8. The third-order valence-electron chi connectivity index (χ3n) is 4.93. The highest BCUT2D eigenvalue weighted by Gasteiger charge is 2.18. The first-order valence-electron chi connectivity index (χ1n) is 9.00. The Morgan fingerprint density at radius 2 is 1.60 bits per heavy atom. The highest BCUT2D eigenvalue weighted by atomic mass is 127. The Morgan fingerprint density at radius 1 is 0.960 bits per heavy atom. The molecule has 2 N–H and O–H groups in total. The maximum absolute atomic E-state index is 6.19. The van der Waals surface area contributed by atoms with Gasteiger partial charge in [-0.25, -0.2) is 0 Å². The molecule has 25 heavy (non-hydrogen) atoms. The van der Waals surface area contributed by atoms with Crippen LogP contribution in [0.25, 0.3) is 0 Å². The van der Waals surface area contributed by atoms with Crippen molar-refractivity contribution >= 4 is 47.2 Å². The Labute approximate surface area is 173 Å².